The minimum Gasteiger partial charge on any atom is -0.393 e. The molecule has 2 N–H and O–H groups in total. The van der Waals surface area contributed by atoms with E-state index in [-0.39, 0.29) is 11.4 Å². The summed E-state index contributed by atoms with van der Waals surface area (Å²) in [5.41, 5.74) is 0. The van der Waals surface area contributed by atoms with E-state index in [0.29, 0.717) is 11.9 Å². The number of nitrogens with one attached hydrogen (secondary N) is 1. The van der Waals surface area contributed by atoms with Crippen LogP contribution in [0.1, 0.15) is 19.8 Å². The fraction of sp³-hybridized carbons (Fsp3) is 0.700. The molecule has 1 aliphatic rings. The number of aliphatic hydroxyl groups is 1. The molecule has 17 heavy (non-hydrogen) atoms. The second-order valence-electron chi connectivity index (χ2n) is 3.98. The van der Waals surface area contributed by atoms with Gasteiger partial charge in [-0.3, -0.25) is 0 Å². The summed E-state index contributed by atoms with van der Waals surface area (Å²) in [7, 11) is 0. The SMILES string of the molecule is CCNc1nc(Cl)nc(N2CCC(O)CC2)n1. The summed E-state index contributed by atoms with van der Waals surface area (Å²) in [6, 6.07) is 0. The number of rotatable bonds is 3. The van der Waals surface area contributed by atoms with Crippen molar-refractivity contribution in [2.24, 2.45) is 0 Å². The molecule has 0 aliphatic carbocycles. The molecule has 0 radical (unpaired) electrons. The first-order valence-corrected chi connectivity index (χ1v) is 6.15. The van der Waals surface area contributed by atoms with Crippen LogP contribution in [0.4, 0.5) is 11.9 Å². The maximum absolute atomic E-state index is 9.45. The first-order chi connectivity index (χ1) is 8.19. The van der Waals surface area contributed by atoms with E-state index < -0.39 is 0 Å². The summed E-state index contributed by atoms with van der Waals surface area (Å²) in [5, 5.41) is 12.7. The highest BCUT2D eigenvalue weighted by Crippen LogP contribution is 2.18. The van der Waals surface area contributed by atoms with Gasteiger partial charge >= 0.3 is 0 Å². The molecule has 7 heteroatoms. The molecule has 0 saturated carbocycles. The van der Waals surface area contributed by atoms with E-state index in [4.69, 9.17) is 11.6 Å². The quantitative estimate of drug-likeness (QED) is 0.839. The molecule has 2 rings (SSSR count). The standard InChI is InChI=1S/C10H16ClN5O/c1-2-12-9-13-8(11)14-10(15-9)16-5-3-7(17)4-6-16/h7,17H,2-6H2,1H3,(H,12,13,14,15). The Morgan fingerprint density at radius 3 is 2.71 bits per heavy atom. The molecule has 1 fully saturated rings. The van der Waals surface area contributed by atoms with E-state index in [1.165, 1.54) is 0 Å². The van der Waals surface area contributed by atoms with Gasteiger partial charge in [-0.1, -0.05) is 0 Å². The molecule has 94 valence electrons. The van der Waals surface area contributed by atoms with Gasteiger partial charge in [0.15, 0.2) is 0 Å². The van der Waals surface area contributed by atoms with Gasteiger partial charge in [0.25, 0.3) is 0 Å². The lowest BCUT2D eigenvalue weighted by atomic mass is 10.1. The Kier molecular flexibility index (Phi) is 3.96. The fourth-order valence-corrected chi connectivity index (χ4v) is 1.94. The smallest absolute Gasteiger partial charge is 0.231 e. The average Bonchev–Trinajstić information content (AvgIpc) is 2.29. The number of aromatic nitrogens is 3. The number of hydrogen-bond donors (Lipinski definition) is 2. The molecule has 1 aromatic heterocycles. The van der Waals surface area contributed by atoms with E-state index in [9.17, 15) is 5.11 Å². The highest BCUT2D eigenvalue weighted by molar-refractivity contribution is 6.28. The van der Waals surface area contributed by atoms with Crippen molar-refractivity contribution >= 4 is 23.5 Å². The summed E-state index contributed by atoms with van der Waals surface area (Å²) in [5.74, 6) is 1.07. The number of halogens is 1. The Morgan fingerprint density at radius 2 is 2.06 bits per heavy atom. The Balaban J connectivity index is 2.14. The Bertz CT molecular complexity index is 381. The molecule has 1 aromatic rings. The highest BCUT2D eigenvalue weighted by atomic mass is 35.5. The zero-order chi connectivity index (χ0) is 12.3. The first kappa shape index (κ1) is 12.3. The van der Waals surface area contributed by atoms with Crippen molar-refractivity contribution in [3.63, 3.8) is 0 Å². The lowest BCUT2D eigenvalue weighted by Gasteiger charge is -2.29. The third-order valence-corrected chi connectivity index (χ3v) is 2.85. The van der Waals surface area contributed by atoms with E-state index in [1.54, 1.807) is 0 Å². The van der Waals surface area contributed by atoms with Crippen LogP contribution >= 0.6 is 11.6 Å². The van der Waals surface area contributed by atoms with Crippen LogP contribution in [0.15, 0.2) is 0 Å². The van der Waals surface area contributed by atoms with Crippen molar-refractivity contribution in [2.45, 2.75) is 25.9 Å². The Labute approximate surface area is 105 Å². The summed E-state index contributed by atoms with van der Waals surface area (Å²) < 4.78 is 0. The third kappa shape index (κ3) is 3.17. The molecule has 0 amide bonds. The van der Waals surface area contributed by atoms with Crippen molar-refractivity contribution in [1.82, 2.24) is 15.0 Å². The number of nitrogens with zero attached hydrogens (tertiary/aromatic N) is 4. The van der Waals surface area contributed by atoms with Crippen molar-refractivity contribution in [2.75, 3.05) is 29.9 Å². The van der Waals surface area contributed by atoms with Crippen LogP contribution < -0.4 is 10.2 Å². The zero-order valence-corrected chi connectivity index (χ0v) is 10.5. The van der Waals surface area contributed by atoms with Crippen LogP contribution in [0.3, 0.4) is 0 Å². The van der Waals surface area contributed by atoms with Crippen molar-refractivity contribution in [1.29, 1.82) is 0 Å². The molecule has 2 heterocycles. The maximum Gasteiger partial charge on any atom is 0.231 e. The maximum atomic E-state index is 9.45. The lowest BCUT2D eigenvalue weighted by molar-refractivity contribution is 0.145. The van der Waals surface area contributed by atoms with Gasteiger partial charge in [-0.2, -0.15) is 15.0 Å². The summed E-state index contributed by atoms with van der Waals surface area (Å²) in [6.07, 6.45) is 1.26. The van der Waals surface area contributed by atoms with Gasteiger partial charge in [0.05, 0.1) is 6.10 Å². The van der Waals surface area contributed by atoms with Gasteiger partial charge in [-0.15, -0.1) is 0 Å². The average molecular weight is 258 g/mol. The lowest BCUT2D eigenvalue weighted by Crippen LogP contribution is -2.37. The summed E-state index contributed by atoms with van der Waals surface area (Å²) in [6.45, 7) is 4.19. The van der Waals surface area contributed by atoms with Gasteiger partial charge in [-0.25, -0.2) is 0 Å². The predicted octanol–water partition coefficient (Wildman–Crippen LogP) is 0.918. The summed E-state index contributed by atoms with van der Waals surface area (Å²) >= 11 is 5.86. The largest absolute Gasteiger partial charge is 0.393 e. The second kappa shape index (κ2) is 5.46. The minimum absolute atomic E-state index is 0.192. The Hall–Kier alpha value is -1.14. The molecule has 0 bridgehead atoms. The van der Waals surface area contributed by atoms with Gasteiger partial charge in [0.1, 0.15) is 0 Å². The van der Waals surface area contributed by atoms with Gasteiger partial charge in [0, 0.05) is 19.6 Å². The predicted molar refractivity (Wildman–Crippen MR) is 66.5 cm³/mol. The monoisotopic (exact) mass is 257 g/mol. The van der Waals surface area contributed by atoms with E-state index in [1.807, 2.05) is 11.8 Å². The Morgan fingerprint density at radius 1 is 1.35 bits per heavy atom. The van der Waals surface area contributed by atoms with Crippen LogP contribution in [0.5, 0.6) is 0 Å². The van der Waals surface area contributed by atoms with E-state index in [0.717, 1.165) is 32.5 Å². The van der Waals surface area contributed by atoms with E-state index >= 15 is 0 Å². The molecule has 0 aromatic carbocycles. The number of aliphatic hydroxyl groups excluding tert-OH is 1. The van der Waals surface area contributed by atoms with Crippen molar-refractivity contribution in [3.05, 3.63) is 5.28 Å². The second-order valence-corrected chi connectivity index (χ2v) is 4.31. The minimum atomic E-state index is -0.211. The molecule has 6 nitrogen and oxygen atoms in total. The van der Waals surface area contributed by atoms with Gasteiger partial charge in [0.2, 0.25) is 17.2 Å². The molecule has 0 spiro atoms. The summed E-state index contributed by atoms with van der Waals surface area (Å²) in [4.78, 5) is 14.4. The van der Waals surface area contributed by atoms with Crippen LogP contribution in [0, 0.1) is 0 Å². The molecule has 1 aliphatic heterocycles. The molecule has 1 saturated heterocycles. The highest BCUT2D eigenvalue weighted by Gasteiger charge is 2.20. The normalized spacial score (nSPS) is 17.2. The number of hydrogen-bond acceptors (Lipinski definition) is 6. The third-order valence-electron chi connectivity index (χ3n) is 2.68. The first-order valence-electron chi connectivity index (χ1n) is 5.77. The molecular weight excluding hydrogens is 242 g/mol. The van der Waals surface area contributed by atoms with Crippen LogP contribution in [-0.4, -0.2) is 45.8 Å². The van der Waals surface area contributed by atoms with Gasteiger partial charge < -0.3 is 15.3 Å². The molecular formula is C10H16ClN5O. The van der Waals surface area contributed by atoms with Crippen LogP contribution in [0.25, 0.3) is 0 Å². The topological polar surface area (TPSA) is 74.2 Å². The van der Waals surface area contributed by atoms with E-state index in [2.05, 4.69) is 20.3 Å². The molecule has 0 atom stereocenters. The zero-order valence-electron chi connectivity index (χ0n) is 9.73. The van der Waals surface area contributed by atoms with Crippen molar-refractivity contribution < 1.29 is 5.11 Å². The number of anilines is 2. The van der Waals surface area contributed by atoms with Gasteiger partial charge in [-0.05, 0) is 31.4 Å². The number of piperidine rings is 1. The fourth-order valence-electron chi connectivity index (χ4n) is 1.78. The van der Waals surface area contributed by atoms with Crippen LogP contribution in [-0.2, 0) is 0 Å². The van der Waals surface area contributed by atoms with Crippen LogP contribution in [0.2, 0.25) is 5.28 Å². The molecule has 0 unspecified atom stereocenters. The van der Waals surface area contributed by atoms with Crippen molar-refractivity contribution in [3.8, 4) is 0 Å².